The summed E-state index contributed by atoms with van der Waals surface area (Å²) >= 11 is 11.5. The van der Waals surface area contributed by atoms with E-state index in [9.17, 15) is 8.78 Å². The van der Waals surface area contributed by atoms with E-state index in [1.54, 1.807) is 0 Å². The quantitative estimate of drug-likeness (QED) is 0.675. The first kappa shape index (κ1) is 9.62. The summed E-state index contributed by atoms with van der Waals surface area (Å²) < 4.78 is 25.6. The number of hydrogen-bond donors (Lipinski definition) is 0. The molecular formula is C9H3Cl2F2N. The second-order valence-corrected chi connectivity index (χ2v) is 3.49. The first-order chi connectivity index (χ1) is 6.59. The van der Waals surface area contributed by atoms with Gasteiger partial charge in [-0.15, -0.1) is 0 Å². The van der Waals surface area contributed by atoms with Crippen molar-refractivity contribution in [3.63, 3.8) is 0 Å². The zero-order valence-corrected chi connectivity index (χ0v) is 8.20. The normalized spacial score (nSPS) is 10.9. The molecule has 0 saturated carbocycles. The van der Waals surface area contributed by atoms with Crippen LogP contribution in [0.3, 0.4) is 0 Å². The van der Waals surface area contributed by atoms with Crippen LogP contribution < -0.4 is 0 Å². The molecule has 0 unspecified atom stereocenters. The number of rotatable bonds is 0. The number of aromatic nitrogens is 1. The van der Waals surface area contributed by atoms with Crippen molar-refractivity contribution in [1.29, 1.82) is 0 Å². The Bertz CT molecular complexity index is 514. The number of pyridine rings is 1. The van der Waals surface area contributed by atoms with Gasteiger partial charge in [-0.2, -0.15) is 0 Å². The molecule has 1 heterocycles. The van der Waals surface area contributed by atoms with Crippen LogP contribution in [0.25, 0.3) is 10.9 Å². The molecule has 14 heavy (non-hydrogen) atoms. The lowest BCUT2D eigenvalue weighted by Crippen LogP contribution is -1.87. The maximum Gasteiger partial charge on any atom is 0.161 e. The predicted octanol–water partition coefficient (Wildman–Crippen LogP) is 3.82. The molecule has 0 aliphatic rings. The van der Waals surface area contributed by atoms with E-state index in [-0.39, 0.29) is 15.6 Å². The van der Waals surface area contributed by atoms with E-state index in [0.29, 0.717) is 5.39 Å². The molecule has 72 valence electrons. The lowest BCUT2D eigenvalue weighted by Gasteiger charge is -2.02. The van der Waals surface area contributed by atoms with Gasteiger partial charge in [-0.05, 0) is 6.07 Å². The van der Waals surface area contributed by atoms with Gasteiger partial charge in [0.2, 0.25) is 0 Å². The van der Waals surface area contributed by atoms with E-state index < -0.39 is 11.6 Å². The predicted molar refractivity (Wildman–Crippen MR) is 51.7 cm³/mol. The fourth-order valence-corrected chi connectivity index (χ4v) is 1.48. The molecule has 2 aromatic rings. The Morgan fingerprint density at radius 3 is 2.43 bits per heavy atom. The van der Waals surface area contributed by atoms with Crippen LogP contribution in [0.2, 0.25) is 10.0 Å². The van der Waals surface area contributed by atoms with Gasteiger partial charge in [0.1, 0.15) is 0 Å². The third-order valence-electron chi connectivity index (χ3n) is 1.80. The van der Waals surface area contributed by atoms with Crippen LogP contribution in [0, 0.1) is 11.6 Å². The fourth-order valence-electron chi connectivity index (χ4n) is 1.13. The van der Waals surface area contributed by atoms with Crippen LogP contribution in [0.4, 0.5) is 8.78 Å². The van der Waals surface area contributed by atoms with Gasteiger partial charge in [0, 0.05) is 17.6 Å². The average Bonchev–Trinajstić information content (AvgIpc) is 2.15. The number of benzene rings is 1. The summed E-state index contributed by atoms with van der Waals surface area (Å²) in [4.78, 5) is 3.82. The maximum atomic E-state index is 12.9. The van der Waals surface area contributed by atoms with Crippen molar-refractivity contribution in [2.75, 3.05) is 0 Å². The molecule has 0 spiro atoms. The SMILES string of the molecule is Fc1cc2ncc(Cl)c(Cl)c2cc1F. The highest BCUT2D eigenvalue weighted by Gasteiger charge is 2.09. The minimum atomic E-state index is -0.969. The topological polar surface area (TPSA) is 12.9 Å². The zero-order valence-electron chi connectivity index (χ0n) is 6.69. The van der Waals surface area contributed by atoms with Crippen molar-refractivity contribution in [1.82, 2.24) is 4.98 Å². The Hall–Kier alpha value is -0.930. The zero-order chi connectivity index (χ0) is 10.3. The summed E-state index contributed by atoms with van der Waals surface area (Å²) in [6.07, 6.45) is 1.30. The van der Waals surface area contributed by atoms with Crippen molar-refractivity contribution >= 4 is 34.1 Å². The Balaban J connectivity index is 2.89. The number of nitrogens with zero attached hydrogens (tertiary/aromatic N) is 1. The standard InChI is InChI=1S/C9H3Cl2F2N/c10-5-3-14-8-2-7(13)6(12)1-4(8)9(5)11/h1-3H. The third kappa shape index (κ3) is 1.42. The summed E-state index contributed by atoms with van der Waals surface area (Å²) in [5.41, 5.74) is 0.276. The second kappa shape index (κ2) is 3.33. The lowest BCUT2D eigenvalue weighted by atomic mass is 10.2. The van der Waals surface area contributed by atoms with E-state index in [2.05, 4.69) is 4.98 Å². The van der Waals surface area contributed by atoms with E-state index in [4.69, 9.17) is 23.2 Å². The van der Waals surface area contributed by atoms with Crippen LogP contribution >= 0.6 is 23.2 Å². The van der Waals surface area contributed by atoms with Crippen molar-refractivity contribution in [3.8, 4) is 0 Å². The van der Waals surface area contributed by atoms with Gasteiger partial charge in [0.15, 0.2) is 11.6 Å². The lowest BCUT2D eigenvalue weighted by molar-refractivity contribution is 0.510. The highest BCUT2D eigenvalue weighted by atomic mass is 35.5. The van der Waals surface area contributed by atoms with Gasteiger partial charge in [-0.3, -0.25) is 4.98 Å². The summed E-state index contributed by atoms with van der Waals surface area (Å²) in [5.74, 6) is -1.92. The molecule has 0 atom stereocenters. The summed E-state index contributed by atoms with van der Waals surface area (Å²) in [5, 5.41) is 0.693. The molecule has 0 aliphatic carbocycles. The molecular weight excluding hydrogens is 231 g/mol. The Labute approximate surface area is 88.3 Å². The van der Waals surface area contributed by atoms with Gasteiger partial charge < -0.3 is 0 Å². The number of halogens is 4. The molecule has 0 amide bonds. The highest BCUT2D eigenvalue weighted by molar-refractivity contribution is 6.45. The largest absolute Gasteiger partial charge is 0.254 e. The van der Waals surface area contributed by atoms with E-state index in [0.717, 1.165) is 12.1 Å². The number of hydrogen-bond acceptors (Lipinski definition) is 1. The third-order valence-corrected chi connectivity index (χ3v) is 2.59. The first-order valence-corrected chi connectivity index (χ1v) is 4.44. The highest BCUT2D eigenvalue weighted by Crippen LogP contribution is 2.30. The molecule has 1 nitrogen and oxygen atoms in total. The van der Waals surface area contributed by atoms with Crippen LogP contribution in [0.1, 0.15) is 0 Å². The minimum absolute atomic E-state index is 0.176. The van der Waals surface area contributed by atoms with Crippen molar-refractivity contribution < 1.29 is 8.78 Å². The van der Waals surface area contributed by atoms with Crippen LogP contribution in [0.15, 0.2) is 18.3 Å². The second-order valence-electron chi connectivity index (χ2n) is 2.70. The van der Waals surface area contributed by atoms with Gasteiger partial charge in [0.25, 0.3) is 0 Å². The molecule has 1 aromatic carbocycles. The molecule has 0 saturated heterocycles. The summed E-state index contributed by atoms with van der Waals surface area (Å²) in [6, 6.07) is 1.96. The Morgan fingerprint density at radius 1 is 1.07 bits per heavy atom. The molecule has 5 heteroatoms. The molecule has 2 rings (SSSR count). The van der Waals surface area contributed by atoms with Gasteiger partial charge in [-0.1, -0.05) is 23.2 Å². The molecule has 0 aliphatic heterocycles. The van der Waals surface area contributed by atoms with Crippen molar-refractivity contribution in [3.05, 3.63) is 40.0 Å². The first-order valence-electron chi connectivity index (χ1n) is 3.68. The summed E-state index contributed by atoms with van der Waals surface area (Å²) in [7, 11) is 0. The van der Waals surface area contributed by atoms with Gasteiger partial charge in [0.05, 0.1) is 15.6 Å². The van der Waals surface area contributed by atoms with Crippen LogP contribution in [0.5, 0.6) is 0 Å². The molecule has 1 aromatic heterocycles. The van der Waals surface area contributed by atoms with E-state index >= 15 is 0 Å². The van der Waals surface area contributed by atoms with Crippen LogP contribution in [-0.2, 0) is 0 Å². The monoisotopic (exact) mass is 233 g/mol. The van der Waals surface area contributed by atoms with E-state index in [1.807, 2.05) is 0 Å². The Morgan fingerprint density at radius 2 is 1.71 bits per heavy atom. The van der Waals surface area contributed by atoms with E-state index in [1.165, 1.54) is 6.20 Å². The maximum absolute atomic E-state index is 12.9. The van der Waals surface area contributed by atoms with Crippen LogP contribution in [-0.4, -0.2) is 4.98 Å². The molecule has 0 fully saturated rings. The van der Waals surface area contributed by atoms with Gasteiger partial charge in [-0.25, -0.2) is 8.78 Å². The smallest absolute Gasteiger partial charge is 0.161 e. The fraction of sp³-hybridized carbons (Fsp3) is 0. The van der Waals surface area contributed by atoms with Gasteiger partial charge >= 0.3 is 0 Å². The average molecular weight is 234 g/mol. The van der Waals surface area contributed by atoms with Crippen molar-refractivity contribution in [2.24, 2.45) is 0 Å². The van der Waals surface area contributed by atoms with Crippen molar-refractivity contribution in [2.45, 2.75) is 0 Å². The molecule has 0 bridgehead atoms. The minimum Gasteiger partial charge on any atom is -0.254 e. The molecule has 0 radical (unpaired) electrons. The number of fused-ring (bicyclic) bond motifs is 1. The molecule has 0 N–H and O–H groups in total. The Kier molecular flexibility index (Phi) is 2.29. The summed E-state index contributed by atoms with van der Waals surface area (Å²) in [6.45, 7) is 0.